The van der Waals surface area contributed by atoms with Crippen LogP contribution in [0.2, 0.25) is 6.82 Å². The molecule has 0 aromatic heterocycles. The Morgan fingerprint density at radius 3 is 3.08 bits per heavy atom. The fourth-order valence-electron chi connectivity index (χ4n) is 1.63. The van der Waals surface area contributed by atoms with Gasteiger partial charge in [-0.1, -0.05) is 18.8 Å². The molecule has 2 rings (SSSR count). The first kappa shape index (κ1) is 8.41. The molecule has 1 aliphatic heterocycles. The first-order valence-electron chi connectivity index (χ1n) is 4.48. The minimum atomic E-state index is 0.230. The van der Waals surface area contributed by atoms with Crippen molar-refractivity contribution in [3.05, 3.63) is 29.3 Å². The monoisotopic (exact) mass is 170 g/mol. The quantitative estimate of drug-likeness (QED) is 0.422. The molecule has 0 unspecified atom stereocenters. The summed E-state index contributed by atoms with van der Waals surface area (Å²) in [4.78, 5) is 0. The van der Waals surface area contributed by atoms with Crippen molar-refractivity contribution in [2.75, 3.05) is 0 Å². The number of hydrogen-bond donors (Lipinski definition) is 0. The molecule has 0 radical (unpaired) electrons. The first-order valence-corrected chi connectivity index (χ1v) is 4.48. The van der Waals surface area contributed by atoms with E-state index in [1.165, 1.54) is 11.0 Å². The smallest absolute Gasteiger partial charge is 0.324 e. The first-order chi connectivity index (χ1) is 6.31. The highest BCUT2D eigenvalue weighted by Gasteiger charge is 2.22. The van der Waals surface area contributed by atoms with Crippen LogP contribution < -0.4 is 5.46 Å². The van der Waals surface area contributed by atoms with Crippen molar-refractivity contribution < 1.29 is 4.65 Å². The molecule has 0 N–H and O–H groups in total. The van der Waals surface area contributed by atoms with E-state index in [1.54, 1.807) is 0 Å². The maximum absolute atomic E-state index is 5.51. The van der Waals surface area contributed by atoms with E-state index in [0.29, 0.717) is 0 Å². The van der Waals surface area contributed by atoms with Gasteiger partial charge in [0.25, 0.3) is 0 Å². The fourth-order valence-corrected chi connectivity index (χ4v) is 1.63. The Bertz CT molecular complexity index is 387. The summed E-state index contributed by atoms with van der Waals surface area (Å²) >= 11 is 0. The van der Waals surface area contributed by atoms with Crippen molar-refractivity contribution >= 4 is 12.4 Å². The zero-order chi connectivity index (χ0) is 9.26. The van der Waals surface area contributed by atoms with Gasteiger partial charge in [-0.2, -0.15) is 0 Å². The minimum Gasteiger partial charge on any atom is -0.427 e. The second-order valence-corrected chi connectivity index (χ2v) is 3.24. The lowest BCUT2D eigenvalue weighted by Gasteiger charge is -1.99. The van der Waals surface area contributed by atoms with Crippen LogP contribution in [0.5, 0.6) is 0 Å². The summed E-state index contributed by atoms with van der Waals surface area (Å²) in [5.74, 6) is 5.95. The third kappa shape index (κ3) is 1.48. The van der Waals surface area contributed by atoms with E-state index in [0.717, 1.165) is 12.2 Å². The average Bonchev–Trinajstić information content (AvgIpc) is 2.49. The van der Waals surface area contributed by atoms with Crippen molar-refractivity contribution in [1.82, 2.24) is 0 Å². The van der Waals surface area contributed by atoms with Gasteiger partial charge in [-0.3, -0.25) is 0 Å². The molecule has 0 fully saturated rings. The van der Waals surface area contributed by atoms with Gasteiger partial charge in [0.2, 0.25) is 0 Å². The molecule has 2 heteroatoms. The maximum Gasteiger partial charge on any atom is 0.324 e. The molecular weight excluding hydrogens is 159 g/mol. The Kier molecular flexibility index (Phi) is 2.12. The van der Waals surface area contributed by atoms with Crippen LogP contribution in [0.25, 0.3) is 0 Å². The average molecular weight is 170 g/mol. The van der Waals surface area contributed by atoms with Gasteiger partial charge in [0, 0.05) is 5.56 Å². The highest BCUT2D eigenvalue weighted by molar-refractivity contribution is 6.67. The van der Waals surface area contributed by atoms with Crippen molar-refractivity contribution in [3.63, 3.8) is 0 Å². The van der Waals surface area contributed by atoms with Gasteiger partial charge < -0.3 is 4.65 Å². The predicted molar refractivity (Wildman–Crippen MR) is 55.0 cm³/mol. The van der Waals surface area contributed by atoms with Crippen LogP contribution in [0, 0.1) is 11.8 Å². The SMILES string of the molecule is CC#Cc1ccc2c(c1)B(C)OC2. The Labute approximate surface area is 79.2 Å². The molecule has 0 atom stereocenters. The molecule has 64 valence electrons. The predicted octanol–water partition coefficient (Wildman–Crippen LogP) is 1.42. The third-order valence-corrected chi connectivity index (χ3v) is 2.34. The third-order valence-electron chi connectivity index (χ3n) is 2.34. The molecule has 1 aromatic carbocycles. The van der Waals surface area contributed by atoms with Gasteiger partial charge in [0.15, 0.2) is 0 Å². The van der Waals surface area contributed by atoms with Gasteiger partial charge in [0.1, 0.15) is 0 Å². The summed E-state index contributed by atoms with van der Waals surface area (Å²) < 4.78 is 5.51. The Hall–Kier alpha value is -1.20. The summed E-state index contributed by atoms with van der Waals surface area (Å²) in [6, 6.07) is 6.29. The zero-order valence-electron chi connectivity index (χ0n) is 7.92. The molecule has 0 saturated heterocycles. The molecule has 0 saturated carbocycles. The van der Waals surface area contributed by atoms with Crippen molar-refractivity contribution in [3.8, 4) is 11.8 Å². The zero-order valence-corrected chi connectivity index (χ0v) is 7.92. The molecule has 0 amide bonds. The van der Waals surface area contributed by atoms with Crippen LogP contribution in [-0.2, 0) is 11.3 Å². The molecule has 1 nitrogen and oxygen atoms in total. The lowest BCUT2D eigenvalue weighted by Crippen LogP contribution is -2.24. The van der Waals surface area contributed by atoms with E-state index in [2.05, 4.69) is 36.9 Å². The highest BCUT2D eigenvalue weighted by atomic mass is 16.4. The second kappa shape index (κ2) is 3.28. The summed E-state index contributed by atoms with van der Waals surface area (Å²) in [6.45, 7) is 4.91. The Morgan fingerprint density at radius 2 is 2.31 bits per heavy atom. The molecule has 0 spiro atoms. The van der Waals surface area contributed by atoms with Crippen molar-refractivity contribution in [2.24, 2.45) is 0 Å². The number of fused-ring (bicyclic) bond motifs is 1. The van der Waals surface area contributed by atoms with Gasteiger partial charge in [0.05, 0.1) is 6.61 Å². The number of hydrogen-bond acceptors (Lipinski definition) is 1. The van der Waals surface area contributed by atoms with Crippen molar-refractivity contribution in [2.45, 2.75) is 20.4 Å². The molecule has 0 aliphatic carbocycles. The van der Waals surface area contributed by atoms with E-state index in [-0.39, 0.29) is 6.92 Å². The number of rotatable bonds is 0. The fraction of sp³-hybridized carbons (Fsp3) is 0.273. The standard InChI is InChI=1S/C11H11BO/c1-3-4-9-5-6-10-8-13-12(2)11(10)7-9/h5-7H,8H2,1-2H3. The van der Waals surface area contributed by atoms with E-state index < -0.39 is 0 Å². The van der Waals surface area contributed by atoms with E-state index in [1.807, 2.05) is 6.92 Å². The Morgan fingerprint density at radius 1 is 1.46 bits per heavy atom. The number of benzene rings is 1. The molecule has 0 bridgehead atoms. The van der Waals surface area contributed by atoms with Gasteiger partial charge in [-0.15, -0.1) is 5.92 Å². The highest BCUT2D eigenvalue weighted by Crippen LogP contribution is 2.11. The van der Waals surface area contributed by atoms with Crippen LogP contribution in [0.4, 0.5) is 0 Å². The normalized spacial score (nSPS) is 13.5. The lowest BCUT2D eigenvalue weighted by molar-refractivity contribution is 0.333. The molecule has 1 aliphatic rings. The van der Waals surface area contributed by atoms with E-state index >= 15 is 0 Å². The molecule has 1 heterocycles. The van der Waals surface area contributed by atoms with Gasteiger partial charge in [-0.05, 0) is 30.1 Å². The van der Waals surface area contributed by atoms with Crippen LogP contribution in [0.15, 0.2) is 18.2 Å². The van der Waals surface area contributed by atoms with E-state index in [9.17, 15) is 0 Å². The second-order valence-electron chi connectivity index (χ2n) is 3.24. The summed E-state index contributed by atoms with van der Waals surface area (Å²) in [5, 5.41) is 0. The molecule has 1 aromatic rings. The maximum atomic E-state index is 5.51. The largest absolute Gasteiger partial charge is 0.427 e. The molecule has 13 heavy (non-hydrogen) atoms. The van der Waals surface area contributed by atoms with Crippen LogP contribution in [0.3, 0.4) is 0 Å². The summed E-state index contributed by atoms with van der Waals surface area (Å²) in [7, 11) is 0. The van der Waals surface area contributed by atoms with Gasteiger partial charge >= 0.3 is 6.92 Å². The van der Waals surface area contributed by atoms with E-state index in [4.69, 9.17) is 4.65 Å². The summed E-state index contributed by atoms with van der Waals surface area (Å²) in [6.07, 6.45) is 0. The lowest BCUT2D eigenvalue weighted by atomic mass is 9.64. The van der Waals surface area contributed by atoms with Crippen LogP contribution in [0.1, 0.15) is 18.1 Å². The van der Waals surface area contributed by atoms with Gasteiger partial charge in [-0.25, -0.2) is 0 Å². The Balaban J connectivity index is 2.45. The van der Waals surface area contributed by atoms with Crippen molar-refractivity contribution in [1.29, 1.82) is 0 Å². The molecular formula is C11H11BO. The van der Waals surface area contributed by atoms with Crippen LogP contribution >= 0.6 is 0 Å². The topological polar surface area (TPSA) is 9.23 Å². The van der Waals surface area contributed by atoms with Crippen LogP contribution in [-0.4, -0.2) is 6.92 Å². The summed E-state index contributed by atoms with van der Waals surface area (Å²) in [5.41, 5.74) is 3.67. The minimum absolute atomic E-state index is 0.230.